The molecule has 3 rings (SSSR count). The monoisotopic (exact) mass is 276 g/mol. The second kappa shape index (κ2) is 4.98. The van der Waals surface area contributed by atoms with Crippen LogP contribution in [0.15, 0.2) is 18.2 Å². The zero-order valence-electron chi connectivity index (χ0n) is 11.6. The molecule has 2 heterocycles. The van der Waals surface area contributed by atoms with Crippen LogP contribution >= 0.6 is 0 Å². The van der Waals surface area contributed by atoms with E-state index in [4.69, 9.17) is 10.5 Å². The molecule has 0 saturated carbocycles. The minimum Gasteiger partial charge on any atom is -0.465 e. The average molecular weight is 276 g/mol. The first-order valence-corrected chi connectivity index (χ1v) is 7.04. The molecule has 0 aliphatic carbocycles. The molecule has 20 heavy (non-hydrogen) atoms. The van der Waals surface area contributed by atoms with E-state index in [0.29, 0.717) is 23.3 Å². The molecular formula is C15H20N2O3. The third-order valence-electron chi connectivity index (χ3n) is 4.45. The van der Waals surface area contributed by atoms with Gasteiger partial charge in [0.25, 0.3) is 0 Å². The molecule has 1 aromatic rings. The second-order valence-electron chi connectivity index (χ2n) is 5.68. The number of methoxy groups -OCH3 is 1. The normalized spacial score (nSPS) is 28.5. The summed E-state index contributed by atoms with van der Waals surface area (Å²) < 4.78 is 4.77. The van der Waals surface area contributed by atoms with E-state index in [9.17, 15) is 9.90 Å². The Balaban J connectivity index is 1.93. The van der Waals surface area contributed by atoms with Gasteiger partial charge in [-0.15, -0.1) is 0 Å². The van der Waals surface area contributed by atoms with Crippen molar-refractivity contribution in [2.45, 2.75) is 43.9 Å². The number of nitrogen functional groups attached to an aromatic ring is 1. The van der Waals surface area contributed by atoms with Gasteiger partial charge in [-0.25, -0.2) is 4.79 Å². The van der Waals surface area contributed by atoms with Gasteiger partial charge in [-0.05, 0) is 43.9 Å². The average Bonchev–Trinajstić information content (AvgIpc) is 2.71. The third-order valence-corrected chi connectivity index (χ3v) is 4.45. The summed E-state index contributed by atoms with van der Waals surface area (Å²) in [5.41, 5.74) is 7.69. The molecule has 0 radical (unpaired) electrons. The van der Waals surface area contributed by atoms with Crippen LogP contribution in [0.5, 0.6) is 0 Å². The van der Waals surface area contributed by atoms with E-state index >= 15 is 0 Å². The predicted molar refractivity (Wildman–Crippen MR) is 76.7 cm³/mol. The number of aliphatic hydroxyl groups excluding tert-OH is 1. The molecule has 2 unspecified atom stereocenters. The number of benzene rings is 1. The fourth-order valence-electron chi connectivity index (χ4n) is 3.56. The number of aliphatic hydroxyl groups is 1. The highest BCUT2D eigenvalue weighted by atomic mass is 16.5. The lowest BCUT2D eigenvalue weighted by molar-refractivity contribution is 0.0602. The van der Waals surface area contributed by atoms with Gasteiger partial charge in [0, 0.05) is 23.5 Å². The Labute approximate surface area is 118 Å². The summed E-state index contributed by atoms with van der Waals surface area (Å²) in [6.07, 6.45) is 3.60. The molecule has 2 bridgehead atoms. The minimum atomic E-state index is -0.409. The van der Waals surface area contributed by atoms with Crippen LogP contribution < -0.4 is 10.6 Å². The van der Waals surface area contributed by atoms with Gasteiger partial charge in [0.1, 0.15) is 0 Å². The van der Waals surface area contributed by atoms with E-state index in [2.05, 4.69) is 4.90 Å². The lowest BCUT2D eigenvalue weighted by atomic mass is 9.98. The van der Waals surface area contributed by atoms with E-state index in [1.165, 1.54) is 7.11 Å². The maximum Gasteiger partial charge on any atom is 0.340 e. The fraction of sp³-hybridized carbons (Fsp3) is 0.533. The van der Waals surface area contributed by atoms with Gasteiger partial charge in [-0.2, -0.15) is 0 Å². The Morgan fingerprint density at radius 1 is 1.35 bits per heavy atom. The molecule has 0 spiro atoms. The zero-order valence-corrected chi connectivity index (χ0v) is 11.6. The molecule has 2 saturated heterocycles. The molecule has 108 valence electrons. The number of ether oxygens (including phenoxy) is 1. The first-order valence-electron chi connectivity index (χ1n) is 7.04. The lowest BCUT2D eigenvalue weighted by Crippen LogP contribution is -2.44. The first kappa shape index (κ1) is 13.2. The van der Waals surface area contributed by atoms with Crippen molar-refractivity contribution in [2.75, 3.05) is 17.7 Å². The Morgan fingerprint density at radius 3 is 2.60 bits per heavy atom. The Kier molecular flexibility index (Phi) is 3.30. The molecular weight excluding hydrogens is 256 g/mol. The van der Waals surface area contributed by atoms with Gasteiger partial charge >= 0.3 is 5.97 Å². The van der Waals surface area contributed by atoms with Gasteiger partial charge in [-0.1, -0.05) is 0 Å². The van der Waals surface area contributed by atoms with Crippen LogP contribution in [0.3, 0.4) is 0 Å². The van der Waals surface area contributed by atoms with Crippen molar-refractivity contribution in [1.29, 1.82) is 0 Å². The number of carbonyl (C=O) groups is 1. The predicted octanol–water partition coefficient (Wildman–Crippen LogP) is 1.55. The highest BCUT2D eigenvalue weighted by Gasteiger charge is 2.40. The van der Waals surface area contributed by atoms with Crippen LogP contribution in [0.4, 0.5) is 11.4 Å². The summed E-state index contributed by atoms with van der Waals surface area (Å²) in [7, 11) is 1.36. The molecule has 5 nitrogen and oxygen atoms in total. The van der Waals surface area contributed by atoms with Crippen molar-refractivity contribution in [2.24, 2.45) is 0 Å². The number of hydrogen-bond acceptors (Lipinski definition) is 5. The molecule has 5 heteroatoms. The molecule has 0 amide bonds. The van der Waals surface area contributed by atoms with Crippen LogP contribution in [-0.4, -0.2) is 36.4 Å². The van der Waals surface area contributed by atoms with Crippen molar-refractivity contribution in [3.8, 4) is 0 Å². The highest BCUT2D eigenvalue weighted by Crippen LogP contribution is 2.40. The third kappa shape index (κ3) is 2.12. The van der Waals surface area contributed by atoms with Crippen LogP contribution in [0, 0.1) is 0 Å². The largest absolute Gasteiger partial charge is 0.465 e. The quantitative estimate of drug-likeness (QED) is 0.633. The summed E-state index contributed by atoms with van der Waals surface area (Å²) in [4.78, 5) is 14.1. The number of nitrogens with two attached hydrogens (primary N) is 1. The highest BCUT2D eigenvalue weighted by molar-refractivity contribution is 5.96. The number of carbonyl (C=O) groups excluding carboxylic acids is 1. The lowest BCUT2D eigenvalue weighted by Gasteiger charge is -2.39. The van der Waals surface area contributed by atoms with Gasteiger partial charge in [0.15, 0.2) is 0 Å². The SMILES string of the molecule is COC(=O)c1cc(N2C3CCC2CC(O)C3)ccc1N. The van der Waals surface area contributed by atoms with Crippen LogP contribution in [0.1, 0.15) is 36.0 Å². The number of fused-ring (bicyclic) bond motifs is 2. The van der Waals surface area contributed by atoms with E-state index in [-0.39, 0.29) is 6.10 Å². The van der Waals surface area contributed by atoms with E-state index in [1.54, 1.807) is 6.07 Å². The zero-order chi connectivity index (χ0) is 14.3. The number of rotatable bonds is 2. The summed E-state index contributed by atoms with van der Waals surface area (Å²) in [5.74, 6) is -0.409. The number of esters is 1. The van der Waals surface area contributed by atoms with Gasteiger partial charge in [-0.3, -0.25) is 0 Å². The number of piperidine rings is 1. The Hall–Kier alpha value is -1.75. The molecule has 2 atom stereocenters. The molecule has 1 aromatic carbocycles. The topological polar surface area (TPSA) is 75.8 Å². The molecule has 2 aliphatic heterocycles. The molecule has 3 N–H and O–H groups in total. The standard InChI is InChI=1S/C15H20N2O3/c1-20-15(19)13-8-11(4-5-14(13)16)17-9-2-3-10(17)7-12(18)6-9/h4-5,8-10,12,18H,2-3,6-7,16H2,1H3. The van der Waals surface area contributed by atoms with Crippen LogP contribution in [-0.2, 0) is 4.74 Å². The minimum absolute atomic E-state index is 0.197. The number of anilines is 2. The fourth-order valence-corrected chi connectivity index (χ4v) is 3.56. The Bertz CT molecular complexity index is 518. The van der Waals surface area contributed by atoms with E-state index < -0.39 is 5.97 Å². The van der Waals surface area contributed by atoms with Crippen molar-refractivity contribution in [3.63, 3.8) is 0 Å². The Morgan fingerprint density at radius 2 is 2.00 bits per heavy atom. The van der Waals surface area contributed by atoms with Crippen molar-refractivity contribution < 1.29 is 14.6 Å². The maximum absolute atomic E-state index is 11.7. The number of hydrogen-bond donors (Lipinski definition) is 2. The molecule has 2 aliphatic rings. The molecule has 2 fully saturated rings. The molecule has 0 aromatic heterocycles. The maximum atomic E-state index is 11.7. The van der Waals surface area contributed by atoms with E-state index in [1.807, 2.05) is 12.1 Å². The first-order chi connectivity index (χ1) is 9.60. The summed E-state index contributed by atoms with van der Waals surface area (Å²) in [6.45, 7) is 0. The van der Waals surface area contributed by atoms with Crippen molar-refractivity contribution >= 4 is 17.3 Å². The van der Waals surface area contributed by atoms with Crippen molar-refractivity contribution in [1.82, 2.24) is 0 Å². The van der Waals surface area contributed by atoms with Gasteiger partial charge in [0.2, 0.25) is 0 Å². The van der Waals surface area contributed by atoms with E-state index in [0.717, 1.165) is 31.4 Å². The number of nitrogens with zero attached hydrogens (tertiary/aromatic N) is 1. The van der Waals surface area contributed by atoms with Gasteiger partial charge in [0.05, 0.1) is 18.8 Å². The van der Waals surface area contributed by atoms with Crippen LogP contribution in [0.2, 0.25) is 0 Å². The summed E-state index contributed by atoms with van der Waals surface area (Å²) >= 11 is 0. The van der Waals surface area contributed by atoms with Crippen molar-refractivity contribution in [3.05, 3.63) is 23.8 Å². The second-order valence-corrected chi connectivity index (χ2v) is 5.68. The smallest absolute Gasteiger partial charge is 0.340 e. The van der Waals surface area contributed by atoms with Gasteiger partial charge < -0.3 is 20.5 Å². The van der Waals surface area contributed by atoms with Crippen LogP contribution in [0.25, 0.3) is 0 Å². The summed E-state index contributed by atoms with van der Waals surface area (Å²) in [5, 5.41) is 9.86. The summed E-state index contributed by atoms with van der Waals surface area (Å²) in [6, 6.07) is 6.23.